The molecule has 6 heteroatoms. The van der Waals surface area contributed by atoms with Crippen LogP contribution in [0.4, 0.5) is 0 Å². The summed E-state index contributed by atoms with van der Waals surface area (Å²) in [7, 11) is 0. The Labute approximate surface area is 97.4 Å². The summed E-state index contributed by atoms with van der Waals surface area (Å²) < 4.78 is 10.9. The van der Waals surface area contributed by atoms with Crippen molar-refractivity contribution in [3.63, 3.8) is 0 Å². The van der Waals surface area contributed by atoms with E-state index in [-0.39, 0.29) is 0 Å². The minimum atomic E-state index is 0.496. The summed E-state index contributed by atoms with van der Waals surface area (Å²) in [5.41, 5.74) is 8.13. The maximum Gasteiger partial charge on any atom is 0.162 e. The normalized spacial score (nSPS) is 13.0. The Morgan fingerprint density at radius 2 is 2.12 bits per heavy atom. The Hall–Kier alpha value is -1.52. The molecule has 0 N–H and O–H groups in total. The SMILES string of the molecule is [N-]=[N+]=NCCSc1ccc2c(c1)OCCO2. The molecule has 0 amide bonds. The standard InChI is InChI=1S/C10H11N3O2S/c11-13-12-3-6-16-8-1-2-9-10(7-8)15-5-4-14-9/h1-2,7H,3-6H2. The lowest BCUT2D eigenvalue weighted by Crippen LogP contribution is -2.15. The topological polar surface area (TPSA) is 67.2 Å². The molecule has 0 aromatic heterocycles. The van der Waals surface area contributed by atoms with Gasteiger partial charge in [-0.15, -0.1) is 11.8 Å². The van der Waals surface area contributed by atoms with Crippen LogP contribution in [0.15, 0.2) is 28.2 Å². The Morgan fingerprint density at radius 1 is 1.31 bits per heavy atom. The lowest BCUT2D eigenvalue weighted by atomic mass is 10.3. The summed E-state index contributed by atoms with van der Waals surface area (Å²) in [6.45, 7) is 1.70. The molecular formula is C10H11N3O2S. The molecule has 0 radical (unpaired) electrons. The molecule has 1 aliphatic heterocycles. The van der Waals surface area contributed by atoms with Gasteiger partial charge in [-0.1, -0.05) is 5.11 Å². The van der Waals surface area contributed by atoms with Crippen molar-refractivity contribution in [2.45, 2.75) is 4.90 Å². The number of rotatable bonds is 4. The van der Waals surface area contributed by atoms with Crippen molar-refractivity contribution in [2.75, 3.05) is 25.5 Å². The molecular weight excluding hydrogens is 226 g/mol. The van der Waals surface area contributed by atoms with Gasteiger partial charge in [0.2, 0.25) is 0 Å². The van der Waals surface area contributed by atoms with Gasteiger partial charge in [-0.05, 0) is 23.7 Å². The zero-order chi connectivity index (χ0) is 11.2. The van der Waals surface area contributed by atoms with Gasteiger partial charge in [-0.2, -0.15) is 0 Å². The van der Waals surface area contributed by atoms with E-state index in [2.05, 4.69) is 10.0 Å². The maximum absolute atomic E-state index is 8.13. The van der Waals surface area contributed by atoms with E-state index in [1.54, 1.807) is 11.8 Å². The van der Waals surface area contributed by atoms with Crippen LogP contribution in [-0.4, -0.2) is 25.5 Å². The highest BCUT2D eigenvalue weighted by molar-refractivity contribution is 7.99. The highest BCUT2D eigenvalue weighted by Crippen LogP contribution is 2.33. The van der Waals surface area contributed by atoms with E-state index >= 15 is 0 Å². The number of ether oxygens (including phenoxy) is 2. The minimum absolute atomic E-state index is 0.496. The zero-order valence-electron chi connectivity index (χ0n) is 8.63. The van der Waals surface area contributed by atoms with Crippen molar-refractivity contribution in [2.24, 2.45) is 5.11 Å². The molecule has 0 atom stereocenters. The quantitative estimate of drug-likeness (QED) is 0.266. The van der Waals surface area contributed by atoms with Crippen molar-refractivity contribution in [1.82, 2.24) is 0 Å². The Morgan fingerprint density at radius 3 is 2.94 bits per heavy atom. The van der Waals surface area contributed by atoms with Crippen LogP contribution in [0.1, 0.15) is 0 Å². The Bertz CT molecular complexity index is 419. The van der Waals surface area contributed by atoms with Crippen LogP contribution < -0.4 is 9.47 Å². The summed E-state index contributed by atoms with van der Waals surface area (Å²) in [6.07, 6.45) is 0. The van der Waals surface area contributed by atoms with E-state index in [9.17, 15) is 0 Å². The zero-order valence-corrected chi connectivity index (χ0v) is 9.44. The average Bonchev–Trinajstić information content (AvgIpc) is 2.34. The first kappa shape index (κ1) is 11.0. The number of nitrogens with zero attached hydrogens (tertiary/aromatic N) is 3. The first-order valence-corrected chi connectivity index (χ1v) is 5.92. The van der Waals surface area contributed by atoms with E-state index < -0.39 is 0 Å². The van der Waals surface area contributed by atoms with Gasteiger partial charge in [0, 0.05) is 22.1 Å². The molecule has 1 aliphatic rings. The van der Waals surface area contributed by atoms with Gasteiger partial charge in [-0.3, -0.25) is 0 Å². The smallest absolute Gasteiger partial charge is 0.162 e. The van der Waals surface area contributed by atoms with Gasteiger partial charge in [0.1, 0.15) is 13.2 Å². The van der Waals surface area contributed by atoms with Crippen molar-refractivity contribution in [3.8, 4) is 11.5 Å². The molecule has 2 rings (SSSR count). The number of benzene rings is 1. The summed E-state index contributed by atoms with van der Waals surface area (Å²) in [5, 5.41) is 3.48. The third-order valence-corrected chi connectivity index (χ3v) is 3.01. The molecule has 0 saturated carbocycles. The Balaban J connectivity index is 1.97. The summed E-state index contributed by atoms with van der Waals surface area (Å²) in [5.74, 6) is 2.36. The second-order valence-electron chi connectivity index (χ2n) is 3.11. The van der Waals surface area contributed by atoms with Crippen molar-refractivity contribution >= 4 is 11.8 Å². The van der Waals surface area contributed by atoms with E-state index in [1.807, 2.05) is 18.2 Å². The number of thioether (sulfide) groups is 1. The minimum Gasteiger partial charge on any atom is -0.486 e. The van der Waals surface area contributed by atoms with Crippen LogP contribution in [0.3, 0.4) is 0 Å². The molecule has 1 heterocycles. The van der Waals surface area contributed by atoms with Crippen LogP contribution >= 0.6 is 11.8 Å². The van der Waals surface area contributed by atoms with Gasteiger partial charge < -0.3 is 9.47 Å². The summed E-state index contributed by atoms with van der Waals surface area (Å²) in [6, 6.07) is 5.84. The molecule has 0 bridgehead atoms. The van der Waals surface area contributed by atoms with Crippen LogP contribution in [0.2, 0.25) is 0 Å². The Kier molecular flexibility index (Phi) is 3.80. The molecule has 0 aliphatic carbocycles. The largest absolute Gasteiger partial charge is 0.486 e. The molecule has 1 aromatic carbocycles. The van der Waals surface area contributed by atoms with Gasteiger partial charge in [-0.25, -0.2) is 0 Å². The van der Waals surface area contributed by atoms with Crippen LogP contribution in [0.5, 0.6) is 11.5 Å². The fourth-order valence-corrected chi connectivity index (χ4v) is 2.13. The van der Waals surface area contributed by atoms with E-state index in [1.165, 1.54) is 0 Å². The third-order valence-electron chi connectivity index (χ3n) is 2.04. The van der Waals surface area contributed by atoms with Crippen LogP contribution in [-0.2, 0) is 0 Å². The third kappa shape index (κ3) is 2.74. The lowest BCUT2D eigenvalue weighted by molar-refractivity contribution is 0.171. The maximum atomic E-state index is 8.13. The summed E-state index contributed by atoms with van der Waals surface area (Å²) >= 11 is 1.63. The average molecular weight is 237 g/mol. The molecule has 0 fully saturated rings. The number of hydrogen-bond acceptors (Lipinski definition) is 4. The van der Waals surface area contributed by atoms with Crippen molar-refractivity contribution < 1.29 is 9.47 Å². The first-order chi connectivity index (χ1) is 7.90. The molecule has 84 valence electrons. The van der Waals surface area contributed by atoms with Crippen LogP contribution in [0.25, 0.3) is 10.4 Å². The van der Waals surface area contributed by atoms with Crippen molar-refractivity contribution in [1.29, 1.82) is 0 Å². The van der Waals surface area contributed by atoms with E-state index in [0.29, 0.717) is 19.8 Å². The number of hydrogen-bond donors (Lipinski definition) is 0. The predicted molar refractivity (Wildman–Crippen MR) is 62.2 cm³/mol. The molecule has 0 saturated heterocycles. The van der Waals surface area contributed by atoms with E-state index in [0.717, 1.165) is 22.1 Å². The lowest BCUT2D eigenvalue weighted by Gasteiger charge is -2.18. The van der Waals surface area contributed by atoms with Crippen molar-refractivity contribution in [3.05, 3.63) is 28.6 Å². The number of azide groups is 1. The molecule has 5 nitrogen and oxygen atoms in total. The molecule has 1 aromatic rings. The van der Waals surface area contributed by atoms with Gasteiger partial charge >= 0.3 is 0 Å². The fourth-order valence-electron chi connectivity index (χ4n) is 1.36. The monoisotopic (exact) mass is 237 g/mol. The molecule has 0 spiro atoms. The van der Waals surface area contributed by atoms with E-state index in [4.69, 9.17) is 15.0 Å². The predicted octanol–water partition coefficient (Wildman–Crippen LogP) is 2.86. The van der Waals surface area contributed by atoms with Crippen LogP contribution in [0, 0.1) is 0 Å². The number of fused-ring (bicyclic) bond motifs is 1. The molecule has 16 heavy (non-hydrogen) atoms. The van der Waals surface area contributed by atoms with Gasteiger partial charge in [0.15, 0.2) is 11.5 Å². The fraction of sp³-hybridized carbons (Fsp3) is 0.400. The second-order valence-corrected chi connectivity index (χ2v) is 4.28. The van der Waals surface area contributed by atoms with Gasteiger partial charge in [0.25, 0.3) is 0 Å². The highest BCUT2D eigenvalue weighted by atomic mass is 32.2. The first-order valence-electron chi connectivity index (χ1n) is 4.93. The van der Waals surface area contributed by atoms with Gasteiger partial charge in [0.05, 0.1) is 0 Å². The summed E-state index contributed by atoms with van der Waals surface area (Å²) in [4.78, 5) is 3.80. The molecule has 0 unspecified atom stereocenters. The second kappa shape index (κ2) is 5.53. The highest BCUT2D eigenvalue weighted by Gasteiger charge is 2.11.